The molecule has 7 heteroatoms. The van der Waals surface area contributed by atoms with Crippen LogP contribution in [0.4, 0.5) is 5.95 Å². The van der Waals surface area contributed by atoms with Gasteiger partial charge in [0.2, 0.25) is 5.95 Å². The number of aryl methyl sites for hydroxylation is 1. The first-order valence-electron chi connectivity index (χ1n) is 6.75. The zero-order chi connectivity index (χ0) is 15.1. The summed E-state index contributed by atoms with van der Waals surface area (Å²) < 4.78 is 5.44. The van der Waals surface area contributed by atoms with Crippen LogP contribution in [0.1, 0.15) is 24.5 Å². The molecule has 2 aromatic rings. The van der Waals surface area contributed by atoms with Gasteiger partial charge in [-0.05, 0) is 24.5 Å². The van der Waals surface area contributed by atoms with Gasteiger partial charge in [0, 0.05) is 5.75 Å². The van der Waals surface area contributed by atoms with Crippen LogP contribution in [0.3, 0.4) is 0 Å². The van der Waals surface area contributed by atoms with Crippen LogP contribution in [0, 0.1) is 6.92 Å². The SMILES string of the molecule is CCCOc1nc(NN)nc(SCc2ccccc2C)n1. The number of thioether (sulfide) groups is 1. The Labute approximate surface area is 128 Å². The van der Waals surface area contributed by atoms with Crippen molar-refractivity contribution in [1.82, 2.24) is 15.0 Å². The molecule has 0 amide bonds. The minimum Gasteiger partial charge on any atom is -0.463 e. The Morgan fingerprint density at radius 1 is 1.24 bits per heavy atom. The minimum atomic E-state index is 0.298. The Morgan fingerprint density at radius 3 is 2.76 bits per heavy atom. The predicted molar refractivity (Wildman–Crippen MR) is 84.2 cm³/mol. The normalized spacial score (nSPS) is 10.4. The highest BCUT2D eigenvalue weighted by Crippen LogP contribution is 2.23. The summed E-state index contributed by atoms with van der Waals surface area (Å²) in [6.07, 6.45) is 0.892. The van der Waals surface area contributed by atoms with E-state index in [-0.39, 0.29) is 0 Å². The minimum absolute atomic E-state index is 0.298. The Balaban J connectivity index is 2.09. The van der Waals surface area contributed by atoms with E-state index < -0.39 is 0 Å². The van der Waals surface area contributed by atoms with E-state index in [4.69, 9.17) is 10.6 Å². The second-order valence-corrected chi connectivity index (χ2v) is 5.37. The van der Waals surface area contributed by atoms with Crippen molar-refractivity contribution in [2.24, 2.45) is 5.84 Å². The quantitative estimate of drug-likeness (QED) is 0.462. The zero-order valence-electron chi connectivity index (χ0n) is 12.2. The highest BCUT2D eigenvalue weighted by atomic mass is 32.2. The second kappa shape index (κ2) is 7.80. The van der Waals surface area contributed by atoms with Gasteiger partial charge in [-0.3, -0.25) is 5.43 Å². The Kier molecular flexibility index (Phi) is 5.77. The lowest BCUT2D eigenvalue weighted by Gasteiger charge is -2.08. The maximum Gasteiger partial charge on any atom is 0.322 e. The summed E-state index contributed by atoms with van der Waals surface area (Å²) >= 11 is 1.53. The van der Waals surface area contributed by atoms with E-state index in [0.29, 0.717) is 23.7 Å². The van der Waals surface area contributed by atoms with Crippen LogP contribution in [-0.2, 0) is 5.75 Å². The third-order valence-electron chi connectivity index (χ3n) is 2.78. The molecule has 21 heavy (non-hydrogen) atoms. The number of hydrazine groups is 1. The number of nitrogens with zero attached hydrogens (tertiary/aromatic N) is 3. The maximum absolute atomic E-state index is 5.44. The summed E-state index contributed by atoms with van der Waals surface area (Å²) in [7, 11) is 0. The first-order chi connectivity index (χ1) is 10.2. The molecule has 0 aliphatic heterocycles. The third kappa shape index (κ3) is 4.57. The van der Waals surface area contributed by atoms with Gasteiger partial charge in [-0.1, -0.05) is 43.0 Å². The molecule has 0 aliphatic carbocycles. The molecule has 1 aromatic carbocycles. The van der Waals surface area contributed by atoms with Crippen LogP contribution in [0.15, 0.2) is 29.4 Å². The second-order valence-electron chi connectivity index (χ2n) is 4.43. The highest BCUT2D eigenvalue weighted by molar-refractivity contribution is 7.98. The number of aromatic nitrogens is 3. The van der Waals surface area contributed by atoms with Crippen molar-refractivity contribution in [2.45, 2.75) is 31.2 Å². The number of nitrogens with one attached hydrogen (secondary N) is 1. The van der Waals surface area contributed by atoms with Gasteiger partial charge < -0.3 is 4.74 Å². The molecule has 0 atom stereocenters. The Bertz CT molecular complexity index is 593. The zero-order valence-corrected chi connectivity index (χ0v) is 13.0. The van der Waals surface area contributed by atoms with Crippen molar-refractivity contribution < 1.29 is 4.74 Å². The summed E-state index contributed by atoms with van der Waals surface area (Å²) in [6.45, 7) is 4.68. The first kappa shape index (κ1) is 15.5. The molecule has 2 rings (SSSR count). The van der Waals surface area contributed by atoms with E-state index in [0.717, 1.165) is 12.2 Å². The number of hydrogen-bond donors (Lipinski definition) is 2. The van der Waals surface area contributed by atoms with Crippen LogP contribution in [0.25, 0.3) is 0 Å². The lowest BCUT2D eigenvalue weighted by Crippen LogP contribution is -2.13. The number of anilines is 1. The molecular formula is C14H19N5OS. The van der Waals surface area contributed by atoms with Crippen molar-refractivity contribution in [3.63, 3.8) is 0 Å². The summed E-state index contributed by atoms with van der Waals surface area (Å²) in [5, 5.41) is 0.590. The molecule has 0 radical (unpaired) electrons. The number of rotatable bonds is 7. The molecule has 0 saturated heterocycles. The fourth-order valence-corrected chi connectivity index (χ4v) is 2.54. The van der Waals surface area contributed by atoms with Gasteiger partial charge in [-0.2, -0.15) is 15.0 Å². The van der Waals surface area contributed by atoms with Gasteiger partial charge in [0.05, 0.1) is 6.61 Å². The van der Waals surface area contributed by atoms with E-state index in [1.54, 1.807) is 0 Å². The molecule has 112 valence electrons. The van der Waals surface area contributed by atoms with E-state index in [1.807, 2.05) is 19.1 Å². The third-order valence-corrected chi connectivity index (χ3v) is 3.67. The fourth-order valence-electron chi connectivity index (χ4n) is 1.64. The van der Waals surface area contributed by atoms with Crippen molar-refractivity contribution in [2.75, 3.05) is 12.0 Å². The smallest absolute Gasteiger partial charge is 0.322 e. The molecule has 0 spiro atoms. The van der Waals surface area contributed by atoms with E-state index in [2.05, 4.69) is 39.4 Å². The van der Waals surface area contributed by atoms with E-state index in [1.165, 1.54) is 22.9 Å². The number of benzene rings is 1. The van der Waals surface area contributed by atoms with Crippen molar-refractivity contribution in [3.05, 3.63) is 35.4 Å². The van der Waals surface area contributed by atoms with Gasteiger partial charge in [0.15, 0.2) is 5.16 Å². The first-order valence-corrected chi connectivity index (χ1v) is 7.74. The average Bonchev–Trinajstić information content (AvgIpc) is 2.52. The van der Waals surface area contributed by atoms with Gasteiger partial charge >= 0.3 is 6.01 Å². The molecule has 0 aliphatic rings. The Hall–Kier alpha value is -1.86. The molecular weight excluding hydrogens is 286 g/mol. The number of nitrogen functional groups attached to an aromatic ring is 1. The van der Waals surface area contributed by atoms with Crippen LogP contribution in [0.5, 0.6) is 6.01 Å². The summed E-state index contributed by atoms with van der Waals surface area (Å²) in [4.78, 5) is 12.6. The van der Waals surface area contributed by atoms with Gasteiger partial charge in [-0.25, -0.2) is 5.84 Å². The van der Waals surface area contributed by atoms with Gasteiger partial charge in [0.25, 0.3) is 0 Å². The standard InChI is InChI=1S/C14H19N5OS/c1-3-8-20-13-16-12(19-15)17-14(18-13)21-9-11-7-5-4-6-10(11)2/h4-7H,3,8-9,15H2,1-2H3,(H,16,17,18,19). The van der Waals surface area contributed by atoms with Crippen molar-refractivity contribution in [3.8, 4) is 6.01 Å². The monoisotopic (exact) mass is 305 g/mol. The Morgan fingerprint density at radius 2 is 2.05 bits per heavy atom. The molecule has 0 bridgehead atoms. The fraction of sp³-hybridized carbons (Fsp3) is 0.357. The molecule has 0 unspecified atom stereocenters. The molecule has 3 N–H and O–H groups in total. The molecule has 6 nitrogen and oxygen atoms in total. The largest absolute Gasteiger partial charge is 0.463 e. The van der Waals surface area contributed by atoms with E-state index in [9.17, 15) is 0 Å². The van der Waals surface area contributed by atoms with Crippen molar-refractivity contribution >= 4 is 17.7 Å². The number of ether oxygens (including phenoxy) is 1. The molecule has 0 saturated carbocycles. The van der Waals surface area contributed by atoms with Crippen LogP contribution < -0.4 is 16.0 Å². The van der Waals surface area contributed by atoms with Crippen LogP contribution >= 0.6 is 11.8 Å². The van der Waals surface area contributed by atoms with Crippen molar-refractivity contribution in [1.29, 1.82) is 0 Å². The molecule has 1 aromatic heterocycles. The highest BCUT2D eigenvalue weighted by Gasteiger charge is 2.08. The lowest BCUT2D eigenvalue weighted by atomic mass is 10.1. The van der Waals surface area contributed by atoms with Gasteiger partial charge in [-0.15, -0.1) is 0 Å². The summed E-state index contributed by atoms with van der Waals surface area (Å²) in [6, 6.07) is 8.54. The predicted octanol–water partition coefficient (Wildman–Crippen LogP) is 2.55. The molecule has 1 heterocycles. The van der Waals surface area contributed by atoms with Gasteiger partial charge in [0.1, 0.15) is 0 Å². The maximum atomic E-state index is 5.44. The van der Waals surface area contributed by atoms with E-state index >= 15 is 0 Å². The number of hydrogen-bond acceptors (Lipinski definition) is 7. The number of nitrogens with two attached hydrogens (primary N) is 1. The van der Waals surface area contributed by atoms with Crippen LogP contribution in [-0.4, -0.2) is 21.6 Å². The summed E-state index contributed by atoms with van der Waals surface area (Å²) in [5.74, 6) is 6.47. The summed E-state index contributed by atoms with van der Waals surface area (Å²) in [5.41, 5.74) is 4.94. The topological polar surface area (TPSA) is 86.0 Å². The van der Waals surface area contributed by atoms with Crippen LogP contribution in [0.2, 0.25) is 0 Å². The lowest BCUT2D eigenvalue weighted by molar-refractivity contribution is 0.288. The molecule has 0 fully saturated rings. The average molecular weight is 305 g/mol.